The smallest absolute Gasteiger partial charge is 0.407 e. The van der Waals surface area contributed by atoms with Crippen molar-refractivity contribution in [1.82, 2.24) is 14.9 Å². The predicted molar refractivity (Wildman–Crippen MR) is 120 cm³/mol. The molecule has 0 fully saturated rings. The van der Waals surface area contributed by atoms with Gasteiger partial charge in [-0.3, -0.25) is 0 Å². The van der Waals surface area contributed by atoms with E-state index in [9.17, 15) is 4.79 Å². The Hall–Kier alpha value is -3.28. The monoisotopic (exact) mass is 406 g/mol. The molecule has 1 aromatic heterocycles. The van der Waals surface area contributed by atoms with Crippen molar-refractivity contribution in [2.24, 2.45) is 7.05 Å². The Kier molecular flexibility index (Phi) is 7.89. The Bertz CT molecular complexity index is 906. The molecule has 3 aromatic rings. The summed E-state index contributed by atoms with van der Waals surface area (Å²) in [6, 6.07) is 18.8. The summed E-state index contributed by atoms with van der Waals surface area (Å²) in [5.74, 6) is 0. The van der Waals surface area contributed by atoms with Crippen molar-refractivity contribution in [2.75, 3.05) is 24.6 Å². The highest BCUT2D eigenvalue weighted by atomic mass is 16.5. The number of hydrogen-bond acceptors (Lipinski definition) is 4. The molecule has 0 atom stereocenters. The molecule has 6 nitrogen and oxygen atoms in total. The van der Waals surface area contributed by atoms with Gasteiger partial charge in [0.05, 0.1) is 25.2 Å². The van der Waals surface area contributed by atoms with E-state index in [2.05, 4.69) is 58.5 Å². The second-order valence-corrected chi connectivity index (χ2v) is 7.25. The average Bonchev–Trinajstić information content (AvgIpc) is 3.18. The molecule has 6 heteroatoms. The molecular weight excluding hydrogens is 376 g/mol. The quantitative estimate of drug-likeness (QED) is 0.499. The molecule has 158 valence electrons. The third kappa shape index (κ3) is 6.11. The first-order chi connectivity index (χ1) is 14.7. The third-order valence-electron chi connectivity index (χ3n) is 4.99. The lowest BCUT2D eigenvalue weighted by Crippen LogP contribution is -2.35. The molecule has 0 spiro atoms. The van der Waals surface area contributed by atoms with Gasteiger partial charge in [0.15, 0.2) is 0 Å². The van der Waals surface area contributed by atoms with Gasteiger partial charge in [0.2, 0.25) is 0 Å². The van der Waals surface area contributed by atoms with Gasteiger partial charge in [0, 0.05) is 32.0 Å². The zero-order valence-corrected chi connectivity index (χ0v) is 17.8. The van der Waals surface area contributed by atoms with Gasteiger partial charge in [0.1, 0.15) is 0 Å². The van der Waals surface area contributed by atoms with Crippen LogP contribution in [-0.4, -0.2) is 35.3 Å². The molecule has 1 N–H and O–H groups in total. The number of ether oxygens (including phenoxy) is 1. The molecular formula is C24H30N4O2. The summed E-state index contributed by atoms with van der Waals surface area (Å²) < 4.78 is 7.19. The van der Waals surface area contributed by atoms with Gasteiger partial charge in [-0.2, -0.15) is 0 Å². The molecule has 0 saturated heterocycles. The highest BCUT2D eigenvalue weighted by molar-refractivity contribution is 5.67. The lowest BCUT2D eigenvalue weighted by Gasteiger charge is -2.25. The first-order valence-corrected chi connectivity index (χ1v) is 10.4. The Balaban J connectivity index is 1.66. The summed E-state index contributed by atoms with van der Waals surface area (Å²) in [5, 5.41) is 2.85. The van der Waals surface area contributed by atoms with Crippen LogP contribution in [0.2, 0.25) is 0 Å². The molecule has 1 heterocycles. The number of carbonyl (C=O) groups excluding carboxylic acids is 1. The van der Waals surface area contributed by atoms with Crippen LogP contribution in [0.15, 0.2) is 67.1 Å². The lowest BCUT2D eigenvalue weighted by atomic mass is 10.1. The molecule has 0 radical (unpaired) electrons. The number of unbranched alkanes of at least 4 members (excludes halogenated alkanes) is 1. The second kappa shape index (κ2) is 11.0. The van der Waals surface area contributed by atoms with Crippen molar-refractivity contribution < 1.29 is 9.53 Å². The van der Waals surface area contributed by atoms with Crippen LogP contribution >= 0.6 is 0 Å². The highest BCUT2D eigenvalue weighted by Crippen LogP contribution is 2.24. The predicted octanol–water partition coefficient (Wildman–Crippen LogP) is 4.62. The van der Waals surface area contributed by atoms with Crippen LogP contribution in [0.3, 0.4) is 0 Å². The fourth-order valence-corrected chi connectivity index (χ4v) is 3.18. The topological polar surface area (TPSA) is 59.4 Å². The number of carbonyl (C=O) groups is 1. The molecule has 3 rings (SSSR count). The Morgan fingerprint density at radius 3 is 2.50 bits per heavy atom. The van der Waals surface area contributed by atoms with Gasteiger partial charge in [-0.25, -0.2) is 9.78 Å². The van der Waals surface area contributed by atoms with Crippen LogP contribution in [0.1, 0.15) is 25.5 Å². The third-order valence-corrected chi connectivity index (χ3v) is 4.99. The maximum atomic E-state index is 11.8. The second-order valence-electron chi connectivity index (χ2n) is 7.25. The fourth-order valence-electron chi connectivity index (χ4n) is 3.18. The molecule has 0 aliphatic carbocycles. The van der Waals surface area contributed by atoms with Crippen molar-refractivity contribution in [3.63, 3.8) is 0 Å². The number of aryl methyl sites for hydroxylation is 1. The van der Waals surface area contributed by atoms with Gasteiger partial charge in [0.25, 0.3) is 0 Å². The molecule has 30 heavy (non-hydrogen) atoms. The Labute approximate surface area is 178 Å². The zero-order valence-electron chi connectivity index (χ0n) is 17.8. The number of hydrogen-bond donors (Lipinski definition) is 1. The maximum Gasteiger partial charge on any atom is 0.407 e. The van der Waals surface area contributed by atoms with Crippen molar-refractivity contribution in [3.8, 4) is 11.1 Å². The van der Waals surface area contributed by atoms with Crippen molar-refractivity contribution in [1.29, 1.82) is 0 Å². The van der Waals surface area contributed by atoms with E-state index >= 15 is 0 Å². The minimum atomic E-state index is -0.358. The summed E-state index contributed by atoms with van der Waals surface area (Å²) in [4.78, 5) is 18.3. The molecule has 2 aromatic carbocycles. The number of nitrogens with one attached hydrogen (secondary N) is 1. The number of rotatable bonds is 10. The first-order valence-electron chi connectivity index (χ1n) is 10.4. The Morgan fingerprint density at radius 2 is 1.83 bits per heavy atom. The summed E-state index contributed by atoms with van der Waals surface area (Å²) in [6.45, 7) is 4.40. The number of imidazole rings is 1. The van der Waals surface area contributed by atoms with E-state index in [1.54, 1.807) is 6.33 Å². The highest BCUT2D eigenvalue weighted by Gasteiger charge is 2.11. The summed E-state index contributed by atoms with van der Waals surface area (Å²) in [7, 11) is 1.99. The molecule has 0 saturated carbocycles. The molecule has 0 aliphatic heterocycles. The minimum Gasteiger partial charge on any atom is -0.450 e. The van der Waals surface area contributed by atoms with Crippen LogP contribution in [0.4, 0.5) is 10.5 Å². The van der Waals surface area contributed by atoms with Gasteiger partial charge >= 0.3 is 6.09 Å². The number of aromatic nitrogens is 2. The lowest BCUT2D eigenvalue weighted by molar-refractivity contribution is 0.145. The van der Waals surface area contributed by atoms with E-state index < -0.39 is 0 Å². The summed E-state index contributed by atoms with van der Waals surface area (Å²) in [6.07, 6.45) is 5.20. The molecule has 1 amide bonds. The largest absolute Gasteiger partial charge is 0.450 e. The van der Waals surface area contributed by atoms with Crippen molar-refractivity contribution in [3.05, 3.63) is 72.8 Å². The first kappa shape index (κ1) is 21.4. The Morgan fingerprint density at radius 1 is 1.10 bits per heavy atom. The van der Waals surface area contributed by atoms with E-state index in [0.717, 1.165) is 24.2 Å². The van der Waals surface area contributed by atoms with Crippen LogP contribution in [0.5, 0.6) is 0 Å². The van der Waals surface area contributed by atoms with Gasteiger partial charge in [-0.1, -0.05) is 55.8 Å². The van der Waals surface area contributed by atoms with Crippen LogP contribution < -0.4 is 10.2 Å². The normalized spacial score (nSPS) is 10.6. The van der Waals surface area contributed by atoms with E-state index in [0.29, 0.717) is 26.2 Å². The fraction of sp³-hybridized carbons (Fsp3) is 0.333. The number of benzene rings is 2. The maximum absolute atomic E-state index is 11.8. The van der Waals surface area contributed by atoms with E-state index in [-0.39, 0.29) is 6.09 Å². The van der Waals surface area contributed by atoms with Gasteiger partial charge in [-0.15, -0.1) is 0 Å². The minimum absolute atomic E-state index is 0.358. The van der Waals surface area contributed by atoms with E-state index in [1.165, 1.54) is 11.1 Å². The summed E-state index contributed by atoms with van der Waals surface area (Å²) in [5.41, 5.74) is 4.57. The summed E-state index contributed by atoms with van der Waals surface area (Å²) >= 11 is 0. The van der Waals surface area contributed by atoms with Crippen molar-refractivity contribution in [2.45, 2.75) is 26.3 Å². The standard InChI is InChI=1S/C24H30N4O2/c1-3-4-16-30-24(29)26-14-15-28(18-23-17-25-19-27(23)2)22-12-10-21(11-13-22)20-8-6-5-7-9-20/h5-13,17,19H,3-4,14-16,18H2,1-2H3,(H,26,29). The molecule has 0 aliphatic rings. The van der Waals surface area contributed by atoms with Crippen LogP contribution in [-0.2, 0) is 18.3 Å². The average molecular weight is 407 g/mol. The SMILES string of the molecule is CCCCOC(=O)NCCN(Cc1cncn1C)c1ccc(-c2ccccc2)cc1. The van der Waals surface area contributed by atoms with E-state index in [1.807, 2.05) is 36.0 Å². The zero-order chi connectivity index (χ0) is 21.2. The number of nitrogens with zero attached hydrogens (tertiary/aromatic N) is 3. The molecule has 0 bridgehead atoms. The van der Waals surface area contributed by atoms with E-state index in [4.69, 9.17) is 4.74 Å². The van der Waals surface area contributed by atoms with Gasteiger partial charge in [-0.05, 0) is 29.7 Å². The van der Waals surface area contributed by atoms with Crippen LogP contribution in [0, 0.1) is 0 Å². The number of amides is 1. The van der Waals surface area contributed by atoms with Gasteiger partial charge < -0.3 is 19.5 Å². The van der Waals surface area contributed by atoms with Crippen LogP contribution in [0.25, 0.3) is 11.1 Å². The molecule has 0 unspecified atom stereocenters. The number of anilines is 1. The van der Waals surface area contributed by atoms with Crippen molar-refractivity contribution >= 4 is 11.8 Å². The number of alkyl carbamates (subject to hydrolysis) is 1.